The number of piperidine rings is 1. The second-order valence-electron chi connectivity index (χ2n) is 6.64. The summed E-state index contributed by atoms with van der Waals surface area (Å²) < 4.78 is 37.7. The van der Waals surface area contributed by atoms with Crippen LogP contribution in [0.25, 0.3) is 0 Å². The molecule has 2 amide bonds. The van der Waals surface area contributed by atoms with E-state index in [0.29, 0.717) is 30.8 Å². The Bertz CT molecular complexity index is 424. The Labute approximate surface area is 122 Å². The van der Waals surface area contributed by atoms with Crippen LogP contribution in [0.5, 0.6) is 0 Å². The monoisotopic (exact) mass is 306 g/mol. The molecule has 0 saturated carbocycles. The molecule has 2 heterocycles. The van der Waals surface area contributed by atoms with E-state index < -0.39 is 18.1 Å². The molecule has 1 atom stereocenters. The van der Waals surface area contributed by atoms with E-state index in [1.165, 1.54) is 0 Å². The molecular formula is C14H21F3N2O2. The van der Waals surface area contributed by atoms with Gasteiger partial charge in [0.15, 0.2) is 0 Å². The molecule has 0 N–H and O–H groups in total. The van der Waals surface area contributed by atoms with Crippen LogP contribution in [0, 0.1) is 5.41 Å². The van der Waals surface area contributed by atoms with Gasteiger partial charge >= 0.3 is 12.1 Å². The lowest BCUT2D eigenvalue weighted by Crippen LogP contribution is -2.53. The number of hydrogen-bond donors (Lipinski definition) is 0. The Morgan fingerprint density at radius 3 is 2.19 bits per heavy atom. The molecule has 0 bridgehead atoms. The average molecular weight is 306 g/mol. The van der Waals surface area contributed by atoms with E-state index in [-0.39, 0.29) is 17.9 Å². The van der Waals surface area contributed by atoms with Gasteiger partial charge in [0, 0.05) is 19.6 Å². The predicted molar refractivity (Wildman–Crippen MR) is 70.4 cm³/mol. The SMILES string of the molecule is CC1(C)CCN(C(=O)C2CCCN2C(=O)C(F)(F)F)CC1. The highest BCUT2D eigenvalue weighted by Crippen LogP contribution is 2.32. The molecule has 0 spiro atoms. The van der Waals surface area contributed by atoms with Crippen molar-refractivity contribution in [1.29, 1.82) is 0 Å². The van der Waals surface area contributed by atoms with E-state index in [1.54, 1.807) is 4.90 Å². The highest BCUT2D eigenvalue weighted by Gasteiger charge is 2.48. The fourth-order valence-electron chi connectivity index (χ4n) is 2.97. The van der Waals surface area contributed by atoms with Crippen molar-refractivity contribution in [2.75, 3.05) is 19.6 Å². The normalized spacial score (nSPS) is 26.0. The second kappa shape index (κ2) is 5.50. The first-order valence-corrected chi connectivity index (χ1v) is 7.28. The minimum Gasteiger partial charge on any atom is -0.341 e. The van der Waals surface area contributed by atoms with Crippen LogP contribution in [0.3, 0.4) is 0 Å². The van der Waals surface area contributed by atoms with E-state index in [4.69, 9.17) is 0 Å². The third-order valence-corrected chi connectivity index (χ3v) is 4.47. The summed E-state index contributed by atoms with van der Waals surface area (Å²) in [6, 6.07) is -0.944. The zero-order valence-corrected chi connectivity index (χ0v) is 12.4. The molecule has 2 fully saturated rings. The predicted octanol–water partition coefficient (Wildman–Crippen LogP) is 2.19. The van der Waals surface area contributed by atoms with Gasteiger partial charge in [-0.05, 0) is 31.1 Å². The molecule has 2 aliphatic rings. The molecule has 120 valence electrons. The molecule has 0 aromatic carbocycles. The van der Waals surface area contributed by atoms with Crippen LogP contribution in [-0.4, -0.2) is 53.5 Å². The lowest BCUT2D eigenvalue weighted by Gasteiger charge is -2.39. The third-order valence-electron chi connectivity index (χ3n) is 4.47. The Kier molecular flexibility index (Phi) is 4.22. The topological polar surface area (TPSA) is 40.6 Å². The molecule has 21 heavy (non-hydrogen) atoms. The van der Waals surface area contributed by atoms with Crippen molar-refractivity contribution in [1.82, 2.24) is 9.80 Å². The van der Waals surface area contributed by atoms with Crippen LogP contribution >= 0.6 is 0 Å². The van der Waals surface area contributed by atoms with Gasteiger partial charge in [-0.15, -0.1) is 0 Å². The van der Waals surface area contributed by atoms with Crippen molar-refractivity contribution in [2.45, 2.75) is 51.7 Å². The van der Waals surface area contributed by atoms with E-state index >= 15 is 0 Å². The number of hydrogen-bond acceptors (Lipinski definition) is 2. The molecule has 0 radical (unpaired) electrons. The number of amides is 2. The number of alkyl halides is 3. The molecule has 7 heteroatoms. The van der Waals surface area contributed by atoms with Crippen LogP contribution < -0.4 is 0 Å². The maximum atomic E-state index is 12.6. The fourth-order valence-corrected chi connectivity index (χ4v) is 2.97. The number of nitrogens with zero attached hydrogens (tertiary/aromatic N) is 2. The molecule has 2 aliphatic heterocycles. The van der Waals surface area contributed by atoms with Gasteiger partial charge in [0.1, 0.15) is 6.04 Å². The first-order chi connectivity index (χ1) is 9.62. The van der Waals surface area contributed by atoms with Gasteiger partial charge in [0.2, 0.25) is 5.91 Å². The first-order valence-electron chi connectivity index (χ1n) is 7.28. The van der Waals surface area contributed by atoms with Crippen LogP contribution in [0.1, 0.15) is 39.5 Å². The summed E-state index contributed by atoms with van der Waals surface area (Å²) in [5.74, 6) is -2.23. The van der Waals surface area contributed by atoms with Crippen molar-refractivity contribution in [2.24, 2.45) is 5.41 Å². The Hall–Kier alpha value is -1.27. The second-order valence-corrected chi connectivity index (χ2v) is 6.64. The summed E-state index contributed by atoms with van der Waals surface area (Å²) in [5, 5.41) is 0. The summed E-state index contributed by atoms with van der Waals surface area (Å²) in [7, 11) is 0. The van der Waals surface area contributed by atoms with Crippen molar-refractivity contribution in [3.05, 3.63) is 0 Å². The molecule has 4 nitrogen and oxygen atoms in total. The zero-order chi connectivity index (χ0) is 15.8. The summed E-state index contributed by atoms with van der Waals surface area (Å²) in [4.78, 5) is 26.1. The van der Waals surface area contributed by atoms with Crippen molar-refractivity contribution in [3.8, 4) is 0 Å². The van der Waals surface area contributed by atoms with E-state index in [1.807, 2.05) is 0 Å². The van der Waals surface area contributed by atoms with Gasteiger partial charge < -0.3 is 9.80 Å². The minimum absolute atomic E-state index is 0.00802. The number of carbonyl (C=O) groups is 2. The minimum atomic E-state index is -4.91. The van der Waals surface area contributed by atoms with Crippen LogP contribution in [-0.2, 0) is 9.59 Å². The smallest absolute Gasteiger partial charge is 0.341 e. The van der Waals surface area contributed by atoms with Gasteiger partial charge in [-0.3, -0.25) is 9.59 Å². The van der Waals surface area contributed by atoms with Gasteiger partial charge in [0.05, 0.1) is 0 Å². The van der Waals surface area contributed by atoms with Crippen molar-refractivity contribution >= 4 is 11.8 Å². The Balaban J connectivity index is 2.03. The maximum absolute atomic E-state index is 12.6. The van der Waals surface area contributed by atoms with Gasteiger partial charge in [-0.25, -0.2) is 0 Å². The van der Waals surface area contributed by atoms with Gasteiger partial charge in [-0.2, -0.15) is 13.2 Å². The molecule has 0 aromatic heterocycles. The number of rotatable bonds is 1. The van der Waals surface area contributed by atoms with Crippen LogP contribution in [0.4, 0.5) is 13.2 Å². The quantitative estimate of drug-likeness (QED) is 0.745. The van der Waals surface area contributed by atoms with Crippen LogP contribution in [0.15, 0.2) is 0 Å². The fraction of sp³-hybridized carbons (Fsp3) is 0.857. The lowest BCUT2D eigenvalue weighted by molar-refractivity contribution is -0.187. The summed E-state index contributed by atoms with van der Waals surface area (Å²) in [5.41, 5.74) is 0.161. The standard InChI is InChI=1S/C14H21F3N2O2/c1-13(2)5-8-18(9-6-13)11(20)10-4-3-7-19(10)12(21)14(15,16)17/h10H,3-9H2,1-2H3. The zero-order valence-electron chi connectivity index (χ0n) is 12.4. The van der Waals surface area contributed by atoms with Gasteiger partial charge in [-0.1, -0.05) is 13.8 Å². The maximum Gasteiger partial charge on any atom is 0.471 e. The Morgan fingerprint density at radius 1 is 1.10 bits per heavy atom. The molecular weight excluding hydrogens is 285 g/mol. The Morgan fingerprint density at radius 2 is 1.67 bits per heavy atom. The average Bonchev–Trinajstić information content (AvgIpc) is 2.84. The van der Waals surface area contributed by atoms with E-state index in [0.717, 1.165) is 12.8 Å². The molecule has 1 unspecified atom stereocenters. The third kappa shape index (κ3) is 3.49. The summed E-state index contributed by atoms with van der Waals surface area (Å²) in [6.45, 7) is 5.34. The number of halogens is 3. The molecule has 0 aliphatic carbocycles. The largest absolute Gasteiger partial charge is 0.471 e. The van der Waals surface area contributed by atoms with E-state index in [2.05, 4.69) is 13.8 Å². The lowest BCUT2D eigenvalue weighted by atomic mass is 9.82. The highest BCUT2D eigenvalue weighted by atomic mass is 19.4. The summed E-state index contributed by atoms with van der Waals surface area (Å²) >= 11 is 0. The van der Waals surface area contributed by atoms with Gasteiger partial charge in [0.25, 0.3) is 0 Å². The van der Waals surface area contributed by atoms with E-state index in [9.17, 15) is 22.8 Å². The molecule has 2 saturated heterocycles. The van der Waals surface area contributed by atoms with Crippen molar-refractivity contribution in [3.63, 3.8) is 0 Å². The molecule has 2 rings (SSSR count). The number of likely N-dealkylation sites (tertiary alicyclic amines) is 2. The van der Waals surface area contributed by atoms with Crippen LogP contribution in [0.2, 0.25) is 0 Å². The number of carbonyl (C=O) groups excluding carboxylic acids is 2. The first kappa shape index (κ1) is 16.1. The van der Waals surface area contributed by atoms with Crippen molar-refractivity contribution < 1.29 is 22.8 Å². The highest BCUT2D eigenvalue weighted by molar-refractivity contribution is 5.90. The molecule has 0 aromatic rings. The summed E-state index contributed by atoms with van der Waals surface area (Å²) in [6.07, 6.45) is -2.48.